The van der Waals surface area contributed by atoms with Crippen molar-refractivity contribution in [3.8, 4) is 11.4 Å². The molecule has 1 saturated heterocycles. The fourth-order valence-electron chi connectivity index (χ4n) is 4.09. The summed E-state index contributed by atoms with van der Waals surface area (Å²) >= 11 is 0. The Kier molecular flexibility index (Phi) is 4.57. The zero-order chi connectivity index (χ0) is 18.1. The van der Waals surface area contributed by atoms with Crippen LogP contribution in [-0.4, -0.2) is 52.4 Å². The van der Waals surface area contributed by atoms with Crippen molar-refractivity contribution in [2.75, 3.05) is 31.6 Å². The van der Waals surface area contributed by atoms with E-state index in [0.717, 1.165) is 62.5 Å². The first kappa shape index (κ1) is 16.9. The van der Waals surface area contributed by atoms with Crippen LogP contribution in [0, 0.1) is 5.92 Å². The zero-order valence-corrected chi connectivity index (χ0v) is 15.5. The number of aromatic nitrogens is 3. The number of rotatable bonds is 4. The van der Waals surface area contributed by atoms with Crippen molar-refractivity contribution in [2.45, 2.75) is 32.6 Å². The summed E-state index contributed by atoms with van der Waals surface area (Å²) in [5.74, 6) is 2.49. The van der Waals surface area contributed by atoms with Gasteiger partial charge in [0.15, 0.2) is 5.82 Å². The van der Waals surface area contributed by atoms with Crippen molar-refractivity contribution in [2.24, 2.45) is 5.92 Å². The van der Waals surface area contributed by atoms with Gasteiger partial charge >= 0.3 is 0 Å². The Morgan fingerprint density at radius 1 is 1.35 bits per heavy atom. The number of carbonyl (C=O) groups excluding carboxylic acids is 1. The molecule has 1 unspecified atom stereocenters. The van der Waals surface area contributed by atoms with Gasteiger partial charge in [0, 0.05) is 62.8 Å². The van der Waals surface area contributed by atoms with Gasteiger partial charge in [0.05, 0.1) is 0 Å². The molecule has 0 aromatic carbocycles. The van der Waals surface area contributed by atoms with E-state index in [1.54, 1.807) is 13.1 Å². The lowest BCUT2D eigenvalue weighted by Crippen LogP contribution is -2.31. The topological polar surface area (TPSA) is 62.2 Å². The minimum atomic E-state index is 0.178. The Hall–Kier alpha value is -2.50. The summed E-state index contributed by atoms with van der Waals surface area (Å²) in [6.07, 6.45) is 7.86. The van der Waals surface area contributed by atoms with E-state index >= 15 is 0 Å². The normalized spacial score (nSPS) is 18.8. The van der Waals surface area contributed by atoms with Gasteiger partial charge in [-0.15, -0.1) is 0 Å². The molecule has 1 amide bonds. The molecule has 2 aliphatic rings. The number of hydrogen-bond donors (Lipinski definition) is 0. The highest BCUT2D eigenvalue weighted by atomic mass is 16.2. The lowest BCUT2D eigenvalue weighted by atomic mass is 10.1. The van der Waals surface area contributed by atoms with Crippen LogP contribution in [0.4, 0.5) is 5.82 Å². The van der Waals surface area contributed by atoms with Crippen molar-refractivity contribution in [1.29, 1.82) is 0 Å². The molecule has 2 aromatic rings. The van der Waals surface area contributed by atoms with Crippen molar-refractivity contribution in [3.63, 3.8) is 0 Å². The van der Waals surface area contributed by atoms with Crippen LogP contribution in [0.25, 0.3) is 11.4 Å². The van der Waals surface area contributed by atoms with Gasteiger partial charge in [-0.3, -0.25) is 9.78 Å². The number of carbonyl (C=O) groups is 1. The van der Waals surface area contributed by atoms with Crippen molar-refractivity contribution in [1.82, 2.24) is 19.9 Å². The maximum atomic E-state index is 11.6. The minimum absolute atomic E-state index is 0.178. The van der Waals surface area contributed by atoms with E-state index in [9.17, 15) is 4.79 Å². The maximum Gasteiger partial charge on any atom is 0.219 e. The number of nitrogens with zero attached hydrogens (tertiary/aromatic N) is 5. The fraction of sp³-hybridized carbons (Fsp3) is 0.500. The van der Waals surface area contributed by atoms with Gasteiger partial charge in [-0.2, -0.15) is 0 Å². The molecule has 1 aliphatic carbocycles. The van der Waals surface area contributed by atoms with E-state index in [4.69, 9.17) is 9.97 Å². The quantitative estimate of drug-likeness (QED) is 0.846. The largest absolute Gasteiger partial charge is 0.359 e. The van der Waals surface area contributed by atoms with Gasteiger partial charge in [-0.25, -0.2) is 9.97 Å². The fourth-order valence-corrected chi connectivity index (χ4v) is 4.09. The number of aryl methyl sites for hydroxylation is 1. The van der Waals surface area contributed by atoms with E-state index in [-0.39, 0.29) is 5.91 Å². The summed E-state index contributed by atoms with van der Waals surface area (Å²) in [6.45, 7) is 4.29. The first-order chi connectivity index (χ1) is 12.6. The molecule has 26 heavy (non-hydrogen) atoms. The Balaban J connectivity index is 1.59. The average molecular weight is 351 g/mol. The smallest absolute Gasteiger partial charge is 0.219 e. The van der Waals surface area contributed by atoms with Gasteiger partial charge < -0.3 is 9.80 Å². The average Bonchev–Trinajstić information content (AvgIpc) is 3.30. The second kappa shape index (κ2) is 7.02. The van der Waals surface area contributed by atoms with Gasteiger partial charge in [-0.05, 0) is 43.7 Å². The van der Waals surface area contributed by atoms with Crippen LogP contribution in [0.15, 0.2) is 24.5 Å². The number of hydrogen-bond acceptors (Lipinski definition) is 5. The third kappa shape index (κ3) is 3.28. The first-order valence-electron chi connectivity index (χ1n) is 9.38. The first-order valence-corrected chi connectivity index (χ1v) is 9.38. The summed E-state index contributed by atoms with van der Waals surface area (Å²) in [6, 6.07) is 3.93. The molecule has 4 rings (SSSR count). The van der Waals surface area contributed by atoms with Gasteiger partial charge in [0.25, 0.3) is 0 Å². The van der Waals surface area contributed by atoms with Crippen LogP contribution in [0.5, 0.6) is 0 Å². The number of likely N-dealkylation sites (tertiary alicyclic amines) is 1. The predicted octanol–water partition coefficient (Wildman–Crippen LogP) is 2.33. The summed E-state index contributed by atoms with van der Waals surface area (Å²) in [4.78, 5) is 29.7. The monoisotopic (exact) mass is 351 g/mol. The molecule has 136 valence electrons. The summed E-state index contributed by atoms with van der Waals surface area (Å²) in [5, 5.41) is 0. The molecule has 2 aromatic heterocycles. The molecular weight excluding hydrogens is 326 g/mol. The zero-order valence-electron chi connectivity index (χ0n) is 15.5. The molecule has 6 nitrogen and oxygen atoms in total. The maximum absolute atomic E-state index is 11.6. The van der Waals surface area contributed by atoms with E-state index in [1.165, 1.54) is 11.3 Å². The molecule has 0 radical (unpaired) electrons. The number of anilines is 1. The van der Waals surface area contributed by atoms with Crippen LogP contribution in [-0.2, 0) is 17.6 Å². The van der Waals surface area contributed by atoms with Crippen molar-refractivity contribution in [3.05, 3.63) is 35.8 Å². The molecule has 0 spiro atoms. The van der Waals surface area contributed by atoms with Crippen molar-refractivity contribution < 1.29 is 4.79 Å². The molecular formula is C20H25N5O. The molecule has 0 N–H and O–H groups in total. The summed E-state index contributed by atoms with van der Waals surface area (Å²) in [7, 11) is 2.12. The lowest BCUT2D eigenvalue weighted by molar-refractivity contribution is -0.127. The highest BCUT2D eigenvalue weighted by Crippen LogP contribution is 2.31. The molecule has 3 heterocycles. The molecule has 1 fully saturated rings. The van der Waals surface area contributed by atoms with Crippen LogP contribution in [0.2, 0.25) is 0 Å². The second-order valence-electron chi connectivity index (χ2n) is 7.39. The van der Waals surface area contributed by atoms with E-state index in [1.807, 2.05) is 23.2 Å². The molecule has 6 heteroatoms. The van der Waals surface area contributed by atoms with Crippen LogP contribution >= 0.6 is 0 Å². The third-order valence-electron chi connectivity index (χ3n) is 5.46. The Morgan fingerprint density at radius 3 is 2.96 bits per heavy atom. The second-order valence-corrected chi connectivity index (χ2v) is 7.39. The molecule has 1 atom stereocenters. The van der Waals surface area contributed by atoms with Gasteiger partial charge in [-0.1, -0.05) is 0 Å². The van der Waals surface area contributed by atoms with E-state index in [0.29, 0.717) is 5.92 Å². The molecule has 0 bridgehead atoms. The number of amides is 1. The van der Waals surface area contributed by atoms with Gasteiger partial charge in [0.2, 0.25) is 5.91 Å². The van der Waals surface area contributed by atoms with Crippen LogP contribution in [0.1, 0.15) is 31.0 Å². The van der Waals surface area contributed by atoms with E-state index < -0.39 is 0 Å². The lowest BCUT2D eigenvalue weighted by Gasteiger charge is -2.25. The Labute approximate surface area is 154 Å². The summed E-state index contributed by atoms with van der Waals surface area (Å²) in [5.41, 5.74) is 3.43. The highest BCUT2D eigenvalue weighted by molar-refractivity contribution is 5.73. The highest BCUT2D eigenvalue weighted by Gasteiger charge is 2.27. The Morgan fingerprint density at radius 2 is 2.23 bits per heavy atom. The van der Waals surface area contributed by atoms with Gasteiger partial charge in [0.1, 0.15) is 5.82 Å². The number of fused-ring (bicyclic) bond motifs is 1. The molecule has 1 aliphatic heterocycles. The van der Waals surface area contributed by atoms with E-state index in [2.05, 4.69) is 16.9 Å². The number of pyridine rings is 1. The SMILES string of the molecule is CC(=O)N1CCC(CN(C)c2nc(-c3cccnc3)nc3c2CCC3)C1. The third-order valence-corrected chi connectivity index (χ3v) is 5.46. The van der Waals surface area contributed by atoms with Crippen molar-refractivity contribution >= 4 is 11.7 Å². The summed E-state index contributed by atoms with van der Waals surface area (Å²) < 4.78 is 0. The standard InChI is InChI=1S/C20H25N5O/c1-14(26)25-10-8-15(13-25)12-24(2)20-17-6-3-7-18(17)22-19(23-20)16-5-4-9-21-11-16/h4-5,9,11,15H,3,6-8,10,12-13H2,1-2H3. The Bertz CT molecular complexity index is 807. The minimum Gasteiger partial charge on any atom is -0.359 e. The predicted molar refractivity (Wildman–Crippen MR) is 101 cm³/mol. The molecule has 0 saturated carbocycles. The van der Waals surface area contributed by atoms with Crippen LogP contribution in [0.3, 0.4) is 0 Å². The van der Waals surface area contributed by atoms with Crippen LogP contribution < -0.4 is 4.90 Å².